The Kier molecular flexibility index (Phi) is 7.06. The lowest BCUT2D eigenvalue weighted by molar-refractivity contribution is -0.125. The van der Waals surface area contributed by atoms with Gasteiger partial charge in [-0.15, -0.1) is 0 Å². The lowest BCUT2D eigenvalue weighted by Crippen LogP contribution is -2.34. The van der Waals surface area contributed by atoms with Gasteiger partial charge in [0.2, 0.25) is 11.8 Å². The number of carbonyl (C=O) groups is 2. The molecule has 1 aliphatic heterocycles. The Labute approximate surface area is 198 Å². The van der Waals surface area contributed by atoms with E-state index in [-0.39, 0.29) is 29.3 Å². The summed E-state index contributed by atoms with van der Waals surface area (Å²) in [5, 5.41) is 17.9. The molecule has 2 amide bonds. The van der Waals surface area contributed by atoms with Crippen molar-refractivity contribution in [3.63, 3.8) is 0 Å². The number of carbonyl (C=O) groups excluding carboxylic acids is 2. The molecule has 3 heterocycles. The van der Waals surface area contributed by atoms with Crippen molar-refractivity contribution >= 4 is 23.5 Å². The second-order valence-corrected chi connectivity index (χ2v) is 9.70. The van der Waals surface area contributed by atoms with Crippen molar-refractivity contribution in [1.82, 2.24) is 24.4 Å². The van der Waals surface area contributed by atoms with E-state index in [0.29, 0.717) is 30.2 Å². The fraction of sp³-hybridized carbons (Fsp3) is 0.583. The van der Waals surface area contributed by atoms with Crippen molar-refractivity contribution in [3.8, 4) is 5.88 Å². The fourth-order valence-electron chi connectivity index (χ4n) is 4.24. The van der Waals surface area contributed by atoms with Crippen LogP contribution in [0, 0.1) is 11.8 Å². The molecule has 0 bridgehead atoms. The molecule has 2 N–H and O–H groups in total. The number of hydrogen-bond donors (Lipinski definition) is 2. The van der Waals surface area contributed by atoms with Gasteiger partial charge in [0.1, 0.15) is 5.65 Å². The minimum Gasteiger partial charge on any atom is -0.494 e. The highest BCUT2D eigenvalue weighted by Crippen LogP contribution is 2.24. The zero-order valence-corrected chi connectivity index (χ0v) is 20.0. The normalized spacial score (nSPS) is 17.1. The average Bonchev–Trinajstić information content (AvgIpc) is 3.50. The number of fused-ring (bicyclic) bond motifs is 1. The number of aromatic nitrogens is 3. The van der Waals surface area contributed by atoms with E-state index in [1.807, 2.05) is 13.8 Å². The Morgan fingerprint density at radius 3 is 2.65 bits per heavy atom. The fourth-order valence-corrected chi connectivity index (χ4v) is 4.24. The van der Waals surface area contributed by atoms with Gasteiger partial charge in [0.25, 0.3) is 11.5 Å². The van der Waals surface area contributed by atoms with Crippen molar-refractivity contribution < 1.29 is 19.4 Å². The Hall–Kier alpha value is -3.14. The van der Waals surface area contributed by atoms with Crippen LogP contribution in [0.4, 0.5) is 0 Å². The van der Waals surface area contributed by atoms with Gasteiger partial charge >= 0.3 is 0 Å². The van der Waals surface area contributed by atoms with E-state index in [1.54, 1.807) is 18.0 Å². The summed E-state index contributed by atoms with van der Waals surface area (Å²) in [6.07, 6.45) is 8.12. The van der Waals surface area contributed by atoms with Gasteiger partial charge in [-0.1, -0.05) is 13.8 Å². The lowest BCUT2D eigenvalue weighted by atomic mass is 10.00. The van der Waals surface area contributed by atoms with Gasteiger partial charge in [-0.2, -0.15) is 9.61 Å². The van der Waals surface area contributed by atoms with Crippen LogP contribution in [0.5, 0.6) is 5.88 Å². The molecule has 0 atom stereocenters. The maximum atomic E-state index is 13.1. The maximum absolute atomic E-state index is 13.1. The largest absolute Gasteiger partial charge is 0.494 e. The first-order valence-electron chi connectivity index (χ1n) is 11.9. The number of nitrogens with zero attached hydrogens (tertiary/aromatic N) is 4. The third-order valence-electron chi connectivity index (χ3n) is 6.25. The smallest absolute Gasteiger partial charge is 0.291 e. The van der Waals surface area contributed by atoms with E-state index in [9.17, 15) is 19.5 Å². The predicted octanol–water partition coefficient (Wildman–Crippen LogP) is 1.65. The Bertz CT molecular complexity index is 1150. The van der Waals surface area contributed by atoms with Gasteiger partial charge < -0.3 is 20.1 Å². The molecule has 0 spiro atoms. The van der Waals surface area contributed by atoms with Gasteiger partial charge in [0.05, 0.1) is 6.20 Å². The summed E-state index contributed by atoms with van der Waals surface area (Å²) in [6.45, 7) is 6.41. The quantitative estimate of drug-likeness (QED) is 0.565. The number of rotatable bonds is 8. The summed E-state index contributed by atoms with van der Waals surface area (Å²) in [5.74, 6) is -0.602. The molecule has 0 unspecified atom stereocenters. The summed E-state index contributed by atoms with van der Waals surface area (Å²) in [4.78, 5) is 40.1. The van der Waals surface area contributed by atoms with E-state index >= 15 is 0 Å². The van der Waals surface area contributed by atoms with E-state index in [4.69, 9.17) is 4.74 Å². The van der Waals surface area contributed by atoms with Crippen molar-refractivity contribution in [2.45, 2.75) is 52.1 Å². The zero-order valence-electron chi connectivity index (χ0n) is 20.0. The first kappa shape index (κ1) is 24.0. The van der Waals surface area contributed by atoms with Crippen LogP contribution in [-0.2, 0) is 16.1 Å². The topological polar surface area (TPSA) is 118 Å². The number of ether oxygens (including phenoxy) is 1. The van der Waals surface area contributed by atoms with Gasteiger partial charge in [-0.25, -0.2) is 0 Å². The molecule has 0 aromatic carbocycles. The Balaban J connectivity index is 1.64. The molecule has 0 radical (unpaired) electrons. The minimum absolute atomic E-state index is 0.0424. The molecule has 2 aliphatic rings. The van der Waals surface area contributed by atoms with Gasteiger partial charge in [-0.3, -0.25) is 19.0 Å². The van der Waals surface area contributed by atoms with Crippen molar-refractivity contribution in [3.05, 3.63) is 33.8 Å². The molecule has 4 rings (SSSR count). The molecule has 10 nitrogen and oxygen atoms in total. The van der Waals surface area contributed by atoms with E-state index in [0.717, 1.165) is 43.4 Å². The summed E-state index contributed by atoms with van der Waals surface area (Å²) >= 11 is 0. The van der Waals surface area contributed by atoms with E-state index < -0.39 is 11.5 Å². The molecule has 1 saturated heterocycles. The van der Waals surface area contributed by atoms with Crippen molar-refractivity contribution in [1.29, 1.82) is 0 Å². The lowest BCUT2D eigenvalue weighted by Gasteiger charge is -2.26. The van der Waals surface area contributed by atoms with Crippen LogP contribution >= 0.6 is 0 Å². The summed E-state index contributed by atoms with van der Waals surface area (Å²) < 4.78 is 8.03. The molecule has 1 aliphatic carbocycles. The van der Waals surface area contributed by atoms with Crippen LogP contribution in [0.15, 0.2) is 17.1 Å². The van der Waals surface area contributed by atoms with Crippen LogP contribution in [0.25, 0.3) is 11.7 Å². The SMILES string of the molecule is CC(C)Cn1c(O)c(C(=O)NC2CC2)c(=O)n2ncc(/C=C/C(=O)N(C)CC3CCOCC3)c12. The molecule has 2 aromatic heterocycles. The first-order valence-corrected chi connectivity index (χ1v) is 11.9. The van der Waals surface area contributed by atoms with E-state index in [2.05, 4.69) is 10.4 Å². The summed E-state index contributed by atoms with van der Waals surface area (Å²) in [6, 6.07) is 0.0424. The monoisotopic (exact) mass is 471 g/mol. The van der Waals surface area contributed by atoms with E-state index in [1.165, 1.54) is 16.8 Å². The molecular weight excluding hydrogens is 438 g/mol. The standard InChI is InChI=1S/C24H33N5O5/c1-15(2)13-28-22-17(4-7-19(30)27(3)14-16-8-10-34-11-9-16)12-25-29(22)24(33)20(23(28)32)21(31)26-18-5-6-18/h4,7,12,15-16,18,32H,5-6,8-11,13-14H2,1-3H3,(H,26,31)/b7-4+. The maximum Gasteiger partial charge on any atom is 0.291 e. The summed E-state index contributed by atoms with van der Waals surface area (Å²) in [7, 11) is 1.77. The highest BCUT2D eigenvalue weighted by molar-refractivity contribution is 5.97. The molecule has 1 saturated carbocycles. The molecule has 2 fully saturated rings. The summed E-state index contributed by atoms with van der Waals surface area (Å²) in [5.41, 5.74) is -0.149. The van der Waals surface area contributed by atoms with Crippen LogP contribution in [-0.4, -0.2) is 68.9 Å². The van der Waals surface area contributed by atoms with Crippen molar-refractivity contribution in [2.24, 2.45) is 11.8 Å². The van der Waals surface area contributed by atoms with Gasteiger partial charge in [0, 0.05) is 51.0 Å². The third-order valence-corrected chi connectivity index (χ3v) is 6.25. The predicted molar refractivity (Wildman–Crippen MR) is 127 cm³/mol. The van der Waals surface area contributed by atoms with Crippen molar-refractivity contribution in [2.75, 3.05) is 26.8 Å². The van der Waals surface area contributed by atoms with Gasteiger partial charge in [-0.05, 0) is 43.6 Å². The average molecular weight is 472 g/mol. The first-order chi connectivity index (χ1) is 16.3. The highest BCUT2D eigenvalue weighted by Gasteiger charge is 2.30. The van der Waals surface area contributed by atoms with Crippen LogP contribution < -0.4 is 10.9 Å². The molecular formula is C24H33N5O5. The van der Waals surface area contributed by atoms with Crippen LogP contribution in [0.3, 0.4) is 0 Å². The second kappa shape index (κ2) is 10.0. The number of hydrogen-bond acceptors (Lipinski definition) is 6. The number of amides is 2. The number of likely N-dealkylation sites (N-methyl/N-ethyl adjacent to an activating group) is 1. The zero-order chi connectivity index (χ0) is 24.4. The number of nitrogens with one attached hydrogen (secondary N) is 1. The van der Waals surface area contributed by atoms with Crippen LogP contribution in [0.1, 0.15) is 55.5 Å². The molecule has 10 heteroatoms. The highest BCUT2D eigenvalue weighted by atomic mass is 16.5. The molecule has 2 aromatic rings. The number of aromatic hydroxyl groups is 1. The van der Waals surface area contributed by atoms with Crippen LogP contribution in [0.2, 0.25) is 0 Å². The minimum atomic E-state index is -0.687. The second-order valence-electron chi connectivity index (χ2n) is 9.70. The Morgan fingerprint density at radius 2 is 2.00 bits per heavy atom. The molecule has 34 heavy (non-hydrogen) atoms. The third kappa shape index (κ3) is 5.16. The van der Waals surface area contributed by atoms with Gasteiger partial charge in [0.15, 0.2) is 5.56 Å². The molecule has 184 valence electrons. The Morgan fingerprint density at radius 1 is 1.29 bits per heavy atom.